The second-order valence-electron chi connectivity index (χ2n) is 6.50. The van der Waals surface area contributed by atoms with Gasteiger partial charge < -0.3 is 5.32 Å². The first-order valence-corrected chi connectivity index (χ1v) is 8.65. The number of hydrogen-bond donors (Lipinski definition) is 1. The summed E-state index contributed by atoms with van der Waals surface area (Å²) in [4.78, 5) is 36.2. The fourth-order valence-corrected chi connectivity index (χ4v) is 2.60. The molecule has 0 radical (unpaired) electrons. The van der Waals surface area contributed by atoms with Gasteiger partial charge in [-0.3, -0.25) is 14.4 Å². The van der Waals surface area contributed by atoms with Crippen molar-refractivity contribution in [3.05, 3.63) is 63.6 Å². The number of rotatable bonds is 7. The minimum Gasteiger partial charge on any atom is -0.346 e. The number of Topliss-reactive ketones (excluding diaryl/α,β-unsaturated/α-hetero) is 1. The Hall–Kier alpha value is -3.04. The van der Waals surface area contributed by atoms with Crippen LogP contribution < -0.4 is 10.9 Å². The van der Waals surface area contributed by atoms with Crippen molar-refractivity contribution in [3.8, 4) is 0 Å². The van der Waals surface area contributed by atoms with Gasteiger partial charge >= 0.3 is 6.18 Å². The van der Waals surface area contributed by atoms with Crippen LogP contribution in [0.4, 0.5) is 17.6 Å². The summed E-state index contributed by atoms with van der Waals surface area (Å²) in [5, 5.41) is 6.18. The van der Waals surface area contributed by atoms with Crippen LogP contribution in [0.2, 0.25) is 0 Å². The Morgan fingerprint density at radius 2 is 1.90 bits per heavy atom. The van der Waals surface area contributed by atoms with Crippen LogP contribution in [0.5, 0.6) is 0 Å². The second kappa shape index (κ2) is 8.97. The van der Waals surface area contributed by atoms with Gasteiger partial charge in [-0.05, 0) is 37.6 Å². The molecule has 0 aliphatic heterocycles. The van der Waals surface area contributed by atoms with Gasteiger partial charge in [0.05, 0.1) is 24.1 Å². The van der Waals surface area contributed by atoms with Crippen LogP contribution in [0, 0.1) is 0 Å². The normalized spacial score (nSPS) is 13.6. The summed E-state index contributed by atoms with van der Waals surface area (Å²) >= 11 is 0. The van der Waals surface area contributed by atoms with E-state index in [-0.39, 0.29) is 17.7 Å². The third kappa shape index (κ3) is 5.49. The molecule has 29 heavy (non-hydrogen) atoms. The van der Waals surface area contributed by atoms with Crippen molar-refractivity contribution in [2.45, 2.75) is 38.5 Å². The highest BCUT2D eigenvalue weighted by molar-refractivity contribution is 5.91. The molecule has 1 aromatic heterocycles. The lowest BCUT2D eigenvalue weighted by molar-refractivity contribution is -0.137. The number of carbonyl (C=O) groups is 2. The predicted molar refractivity (Wildman–Crippen MR) is 96.0 cm³/mol. The molecule has 2 aromatic rings. The molecule has 2 rings (SSSR count). The van der Waals surface area contributed by atoms with Crippen molar-refractivity contribution in [1.82, 2.24) is 15.1 Å². The molecule has 0 spiro atoms. The van der Waals surface area contributed by atoms with Gasteiger partial charge in [0.2, 0.25) is 5.91 Å². The average Bonchev–Trinajstić information content (AvgIpc) is 2.67. The number of carbonyl (C=O) groups excluding carboxylic acids is 2. The number of alkyl halides is 4. The van der Waals surface area contributed by atoms with Crippen LogP contribution in [-0.4, -0.2) is 34.2 Å². The highest BCUT2D eigenvalue weighted by Crippen LogP contribution is 2.29. The summed E-state index contributed by atoms with van der Waals surface area (Å²) in [5.41, 5.74) is -1.24. The molecule has 0 fully saturated rings. The van der Waals surface area contributed by atoms with Gasteiger partial charge in [0.25, 0.3) is 5.56 Å². The minimum atomic E-state index is -4.52. The zero-order chi connectivity index (χ0) is 21.8. The van der Waals surface area contributed by atoms with E-state index in [0.29, 0.717) is 0 Å². The maximum atomic E-state index is 12.9. The van der Waals surface area contributed by atoms with Gasteiger partial charge in [-0.25, -0.2) is 9.07 Å². The van der Waals surface area contributed by atoms with Gasteiger partial charge in [-0.2, -0.15) is 18.3 Å². The molecule has 10 heteroatoms. The highest BCUT2D eigenvalue weighted by atomic mass is 19.4. The van der Waals surface area contributed by atoms with Crippen LogP contribution in [0.1, 0.15) is 36.5 Å². The molecule has 156 valence electrons. The van der Waals surface area contributed by atoms with Crippen LogP contribution in [-0.2, 0) is 22.3 Å². The maximum absolute atomic E-state index is 12.9. The van der Waals surface area contributed by atoms with Crippen molar-refractivity contribution >= 4 is 11.7 Å². The van der Waals surface area contributed by atoms with Crippen LogP contribution in [0.15, 0.2) is 41.3 Å². The van der Waals surface area contributed by atoms with E-state index in [2.05, 4.69) is 10.4 Å². The van der Waals surface area contributed by atoms with E-state index in [1.54, 1.807) is 0 Å². The van der Waals surface area contributed by atoms with Gasteiger partial charge in [0, 0.05) is 11.8 Å². The summed E-state index contributed by atoms with van der Waals surface area (Å²) in [5.74, 6) is -2.44. The lowest BCUT2D eigenvalue weighted by atomic mass is 10.0. The first-order valence-electron chi connectivity index (χ1n) is 8.65. The van der Waals surface area contributed by atoms with E-state index in [1.165, 1.54) is 38.2 Å². The zero-order valence-electron chi connectivity index (χ0n) is 15.7. The van der Waals surface area contributed by atoms with Gasteiger partial charge in [-0.15, -0.1) is 0 Å². The van der Waals surface area contributed by atoms with Gasteiger partial charge in [-0.1, -0.05) is 12.1 Å². The molecule has 0 saturated carbocycles. The smallest absolute Gasteiger partial charge is 0.346 e. The number of aromatic nitrogens is 2. The third-order valence-electron chi connectivity index (χ3n) is 4.36. The fourth-order valence-electron chi connectivity index (χ4n) is 2.60. The van der Waals surface area contributed by atoms with E-state index in [0.717, 1.165) is 16.8 Å². The number of benzene rings is 1. The highest BCUT2D eigenvalue weighted by Gasteiger charge is 2.30. The first kappa shape index (κ1) is 22.3. The quantitative estimate of drug-likeness (QED) is 0.707. The molecular formula is C19H19F4N3O3. The standard InChI is InChI=1S/C19H19F4N3O3/c1-11(17(28)25-12(2)16(27)9-20)15-6-7-24-26(18(15)29)10-13-4-3-5-14(8-13)19(21,22)23/h3-8,11-12H,9-10H2,1-2H3,(H,25,28). The zero-order valence-corrected chi connectivity index (χ0v) is 15.7. The van der Waals surface area contributed by atoms with Crippen LogP contribution in [0.3, 0.4) is 0 Å². The molecule has 6 nitrogen and oxygen atoms in total. The largest absolute Gasteiger partial charge is 0.416 e. The van der Waals surface area contributed by atoms with Crippen molar-refractivity contribution in [1.29, 1.82) is 0 Å². The number of ketones is 1. The Morgan fingerprint density at radius 3 is 2.52 bits per heavy atom. The SMILES string of the molecule is CC(NC(=O)C(C)c1ccnn(Cc2cccc(C(F)(F)F)c2)c1=O)C(=O)CF. The predicted octanol–water partition coefficient (Wildman–Crippen LogP) is 2.46. The molecule has 2 unspecified atom stereocenters. The van der Waals surface area contributed by atoms with Crippen LogP contribution >= 0.6 is 0 Å². The van der Waals surface area contributed by atoms with E-state index < -0.39 is 47.6 Å². The lowest BCUT2D eigenvalue weighted by Gasteiger charge is -2.16. The molecule has 0 saturated heterocycles. The Kier molecular flexibility index (Phi) is 6.89. The van der Waals surface area contributed by atoms with Crippen molar-refractivity contribution in [3.63, 3.8) is 0 Å². The van der Waals surface area contributed by atoms with E-state index in [4.69, 9.17) is 0 Å². The third-order valence-corrected chi connectivity index (χ3v) is 4.36. The topological polar surface area (TPSA) is 81.1 Å². The average molecular weight is 413 g/mol. The molecule has 0 aliphatic carbocycles. The Labute approximate surface area is 163 Å². The Morgan fingerprint density at radius 1 is 1.21 bits per heavy atom. The van der Waals surface area contributed by atoms with Crippen molar-refractivity contribution < 1.29 is 27.2 Å². The Balaban J connectivity index is 2.24. The molecule has 1 heterocycles. The summed E-state index contributed by atoms with van der Waals surface area (Å²) < 4.78 is 51.9. The summed E-state index contributed by atoms with van der Waals surface area (Å²) in [6, 6.07) is 4.76. The molecule has 0 bridgehead atoms. The monoisotopic (exact) mass is 413 g/mol. The number of amides is 1. The number of nitrogens with zero attached hydrogens (tertiary/aromatic N) is 2. The Bertz CT molecular complexity index is 956. The minimum absolute atomic E-state index is 0.0457. The number of halogens is 4. The lowest BCUT2D eigenvalue weighted by Crippen LogP contribution is -2.42. The first-order chi connectivity index (χ1) is 13.5. The molecule has 0 aliphatic rings. The second-order valence-corrected chi connectivity index (χ2v) is 6.50. The van der Waals surface area contributed by atoms with Crippen molar-refractivity contribution in [2.75, 3.05) is 6.67 Å². The van der Waals surface area contributed by atoms with Crippen LogP contribution in [0.25, 0.3) is 0 Å². The molecule has 1 aromatic carbocycles. The summed E-state index contributed by atoms with van der Waals surface area (Å²) in [6.45, 7) is 1.30. The molecule has 1 amide bonds. The number of nitrogens with one attached hydrogen (secondary N) is 1. The van der Waals surface area contributed by atoms with E-state index in [9.17, 15) is 31.9 Å². The molecule has 1 N–H and O–H groups in total. The summed E-state index contributed by atoms with van der Waals surface area (Å²) in [7, 11) is 0. The number of hydrogen-bond acceptors (Lipinski definition) is 4. The fraction of sp³-hybridized carbons (Fsp3) is 0.368. The maximum Gasteiger partial charge on any atom is 0.416 e. The molecular weight excluding hydrogens is 394 g/mol. The van der Waals surface area contributed by atoms with Gasteiger partial charge in [0.15, 0.2) is 5.78 Å². The van der Waals surface area contributed by atoms with E-state index in [1.807, 2.05) is 0 Å². The summed E-state index contributed by atoms with van der Waals surface area (Å²) in [6.07, 6.45) is -3.26. The van der Waals surface area contributed by atoms with E-state index >= 15 is 0 Å². The van der Waals surface area contributed by atoms with Crippen molar-refractivity contribution in [2.24, 2.45) is 0 Å². The molecule has 2 atom stereocenters. The van der Waals surface area contributed by atoms with Gasteiger partial charge in [0.1, 0.15) is 6.67 Å².